The lowest BCUT2D eigenvalue weighted by atomic mass is 10.1. The predicted molar refractivity (Wildman–Crippen MR) is 66.9 cm³/mol. The van der Waals surface area contributed by atoms with Gasteiger partial charge in [-0.1, -0.05) is 24.3 Å². The van der Waals surface area contributed by atoms with E-state index in [4.69, 9.17) is 10.2 Å². The number of hydrogen-bond donors (Lipinski definition) is 3. The predicted octanol–water partition coefficient (Wildman–Crippen LogP) is 0.570. The van der Waals surface area contributed by atoms with Gasteiger partial charge in [0, 0.05) is 6.08 Å². The Morgan fingerprint density at radius 2 is 2.06 bits per heavy atom. The number of carbonyl (C=O) groups excluding carboxylic acids is 1. The Morgan fingerprint density at radius 3 is 2.61 bits per heavy atom. The summed E-state index contributed by atoms with van der Waals surface area (Å²) in [6.45, 7) is 1.27. The molecule has 1 aromatic carbocycles. The average molecular weight is 249 g/mol. The first-order valence-corrected chi connectivity index (χ1v) is 5.42. The molecule has 1 amide bonds. The number of rotatable bonds is 5. The standard InChI is InChI=1S/C13H15NO4/c1-9-4-2-3-5-10(9)6-7-12(16)14-11(8-15)13(17)18/h2-7,11,15H,8H2,1H3,(H,14,16)(H,17,18)/b7-6+/t11-/m1/s1. The van der Waals surface area contributed by atoms with E-state index < -0.39 is 24.5 Å². The lowest BCUT2D eigenvalue weighted by Crippen LogP contribution is -2.42. The molecule has 0 aromatic heterocycles. The van der Waals surface area contributed by atoms with Gasteiger partial charge in [0.05, 0.1) is 6.61 Å². The van der Waals surface area contributed by atoms with Gasteiger partial charge in [0.25, 0.3) is 0 Å². The SMILES string of the molecule is Cc1ccccc1/C=C/C(=O)N[C@H](CO)C(=O)O. The van der Waals surface area contributed by atoms with E-state index in [2.05, 4.69) is 5.32 Å². The van der Waals surface area contributed by atoms with Crippen LogP contribution in [-0.4, -0.2) is 34.7 Å². The molecule has 0 unspecified atom stereocenters. The molecule has 0 bridgehead atoms. The number of aryl methyl sites for hydroxylation is 1. The summed E-state index contributed by atoms with van der Waals surface area (Å²) in [6, 6.07) is 6.21. The first-order valence-electron chi connectivity index (χ1n) is 5.42. The molecule has 0 aliphatic carbocycles. The summed E-state index contributed by atoms with van der Waals surface area (Å²) in [5.41, 5.74) is 1.89. The van der Waals surface area contributed by atoms with Crippen LogP contribution in [0.4, 0.5) is 0 Å². The second-order valence-corrected chi connectivity index (χ2v) is 3.77. The topological polar surface area (TPSA) is 86.6 Å². The quantitative estimate of drug-likeness (QED) is 0.666. The number of carbonyl (C=O) groups is 2. The monoisotopic (exact) mass is 249 g/mol. The second-order valence-electron chi connectivity index (χ2n) is 3.77. The second kappa shape index (κ2) is 6.56. The zero-order valence-electron chi connectivity index (χ0n) is 9.96. The van der Waals surface area contributed by atoms with E-state index >= 15 is 0 Å². The minimum absolute atomic E-state index is 0.556. The molecule has 96 valence electrons. The van der Waals surface area contributed by atoms with E-state index in [9.17, 15) is 9.59 Å². The summed E-state index contributed by atoms with van der Waals surface area (Å²) >= 11 is 0. The lowest BCUT2D eigenvalue weighted by molar-refractivity contribution is -0.142. The van der Waals surface area contributed by atoms with Crippen molar-refractivity contribution in [2.75, 3.05) is 6.61 Å². The fourth-order valence-corrected chi connectivity index (χ4v) is 1.34. The highest BCUT2D eigenvalue weighted by molar-refractivity contribution is 5.94. The van der Waals surface area contributed by atoms with Gasteiger partial charge >= 0.3 is 5.97 Å². The first kappa shape index (κ1) is 13.9. The maximum Gasteiger partial charge on any atom is 0.328 e. The van der Waals surface area contributed by atoms with Crippen LogP contribution < -0.4 is 5.32 Å². The summed E-state index contributed by atoms with van der Waals surface area (Å²) in [5, 5.41) is 19.6. The Kier molecular flexibility index (Phi) is 5.07. The maximum atomic E-state index is 11.4. The Hall–Kier alpha value is -2.14. The van der Waals surface area contributed by atoms with Gasteiger partial charge in [-0.15, -0.1) is 0 Å². The molecule has 5 nitrogen and oxygen atoms in total. The van der Waals surface area contributed by atoms with Gasteiger partial charge in [0.2, 0.25) is 5.91 Å². The highest BCUT2D eigenvalue weighted by Crippen LogP contribution is 2.08. The zero-order valence-corrected chi connectivity index (χ0v) is 9.96. The minimum atomic E-state index is -1.28. The van der Waals surface area contributed by atoms with E-state index in [1.807, 2.05) is 31.2 Å². The van der Waals surface area contributed by atoms with E-state index in [1.165, 1.54) is 6.08 Å². The van der Waals surface area contributed by atoms with Crippen molar-refractivity contribution in [3.63, 3.8) is 0 Å². The van der Waals surface area contributed by atoms with E-state index in [1.54, 1.807) is 6.08 Å². The molecule has 3 N–H and O–H groups in total. The first-order chi connectivity index (χ1) is 8.54. The molecule has 0 saturated carbocycles. The number of amides is 1. The Morgan fingerprint density at radius 1 is 1.39 bits per heavy atom. The maximum absolute atomic E-state index is 11.4. The smallest absolute Gasteiger partial charge is 0.328 e. The number of benzene rings is 1. The fraction of sp³-hybridized carbons (Fsp3) is 0.231. The van der Waals surface area contributed by atoms with Gasteiger partial charge in [-0.2, -0.15) is 0 Å². The zero-order chi connectivity index (χ0) is 13.5. The Bertz CT molecular complexity index is 468. The number of carboxylic acids is 1. The van der Waals surface area contributed by atoms with Crippen LogP contribution in [-0.2, 0) is 9.59 Å². The van der Waals surface area contributed by atoms with Gasteiger partial charge in [0.15, 0.2) is 6.04 Å². The summed E-state index contributed by atoms with van der Waals surface area (Å²) in [7, 11) is 0. The number of aliphatic carboxylic acids is 1. The normalized spacial score (nSPS) is 12.3. The number of hydrogen-bond acceptors (Lipinski definition) is 3. The van der Waals surface area contributed by atoms with Crippen LogP contribution in [0.1, 0.15) is 11.1 Å². The van der Waals surface area contributed by atoms with Gasteiger partial charge in [-0.05, 0) is 24.1 Å². The fourth-order valence-electron chi connectivity index (χ4n) is 1.34. The van der Waals surface area contributed by atoms with Gasteiger partial charge in [0.1, 0.15) is 0 Å². The molecule has 18 heavy (non-hydrogen) atoms. The van der Waals surface area contributed by atoms with Crippen molar-refractivity contribution in [2.24, 2.45) is 0 Å². The summed E-state index contributed by atoms with van der Waals surface area (Å²) in [5.74, 6) is -1.82. The van der Waals surface area contributed by atoms with E-state index in [0.29, 0.717) is 0 Å². The van der Waals surface area contributed by atoms with Gasteiger partial charge < -0.3 is 15.5 Å². The number of nitrogens with one attached hydrogen (secondary N) is 1. The molecule has 0 aliphatic rings. The summed E-state index contributed by atoms with van der Waals surface area (Å²) in [4.78, 5) is 22.0. The molecule has 1 atom stereocenters. The van der Waals surface area contributed by atoms with Crippen molar-refractivity contribution >= 4 is 18.0 Å². The summed E-state index contributed by atoms with van der Waals surface area (Å²) in [6.07, 6.45) is 2.84. The van der Waals surface area contributed by atoms with Crippen molar-refractivity contribution in [1.82, 2.24) is 5.32 Å². The van der Waals surface area contributed by atoms with Crippen LogP contribution in [0.3, 0.4) is 0 Å². The number of carboxylic acid groups (broad SMARTS) is 1. The van der Waals surface area contributed by atoms with Gasteiger partial charge in [-0.25, -0.2) is 4.79 Å². The minimum Gasteiger partial charge on any atom is -0.480 e. The Labute approximate surface area is 105 Å². The highest BCUT2D eigenvalue weighted by Gasteiger charge is 2.16. The van der Waals surface area contributed by atoms with Gasteiger partial charge in [-0.3, -0.25) is 4.79 Å². The Balaban J connectivity index is 2.65. The van der Waals surface area contributed by atoms with Crippen molar-refractivity contribution in [3.05, 3.63) is 41.5 Å². The van der Waals surface area contributed by atoms with Crippen molar-refractivity contribution < 1.29 is 19.8 Å². The highest BCUT2D eigenvalue weighted by atomic mass is 16.4. The number of aliphatic hydroxyl groups excluding tert-OH is 1. The van der Waals surface area contributed by atoms with Crippen LogP contribution in [0.5, 0.6) is 0 Å². The summed E-state index contributed by atoms with van der Waals surface area (Å²) < 4.78 is 0. The van der Waals surface area contributed by atoms with Crippen molar-refractivity contribution in [2.45, 2.75) is 13.0 Å². The largest absolute Gasteiger partial charge is 0.480 e. The molecule has 0 fully saturated rings. The molecule has 0 spiro atoms. The van der Waals surface area contributed by atoms with Crippen LogP contribution >= 0.6 is 0 Å². The molecule has 0 saturated heterocycles. The van der Waals surface area contributed by atoms with Crippen molar-refractivity contribution in [3.8, 4) is 0 Å². The average Bonchev–Trinajstić information content (AvgIpc) is 2.34. The molecule has 5 heteroatoms. The van der Waals surface area contributed by atoms with Crippen molar-refractivity contribution in [1.29, 1.82) is 0 Å². The van der Waals surface area contributed by atoms with Crippen LogP contribution in [0.2, 0.25) is 0 Å². The van der Waals surface area contributed by atoms with Crippen LogP contribution in [0, 0.1) is 6.92 Å². The van der Waals surface area contributed by atoms with E-state index in [0.717, 1.165) is 11.1 Å². The third-order valence-electron chi connectivity index (χ3n) is 2.40. The molecule has 0 radical (unpaired) electrons. The lowest BCUT2D eigenvalue weighted by Gasteiger charge is -2.09. The van der Waals surface area contributed by atoms with Crippen LogP contribution in [0.15, 0.2) is 30.3 Å². The molecule has 1 aromatic rings. The molecule has 0 aliphatic heterocycles. The molecule has 0 heterocycles. The van der Waals surface area contributed by atoms with Crippen LogP contribution in [0.25, 0.3) is 6.08 Å². The number of aliphatic hydroxyl groups is 1. The van der Waals surface area contributed by atoms with E-state index in [-0.39, 0.29) is 0 Å². The molecular weight excluding hydrogens is 234 g/mol. The third-order valence-corrected chi connectivity index (χ3v) is 2.40. The molecule has 1 rings (SSSR count). The third kappa shape index (κ3) is 4.03. The molecular formula is C13H15NO4.